The Kier molecular flexibility index (Phi) is 3.36. The smallest absolute Gasteiger partial charge is 0.0226 e. The van der Waals surface area contributed by atoms with Gasteiger partial charge in [0.15, 0.2) is 0 Å². The van der Waals surface area contributed by atoms with Crippen molar-refractivity contribution in [1.29, 1.82) is 0 Å². The molecule has 1 N–H and O–H groups in total. The maximum Gasteiger partial charge on any atom is 0.0226 e. The molecule has 2 atom stereocenters. The highest BCUT2D eigenvalue weighted by atomic mass is 15.2. The topological polar surface area (TPSA) is 15.3 Å². The summed E-state index contributed by atoms with van der Waals surface area (Å²) >= 11 is 0. The van der Waals surface area contributed by atoms with Crippen LogP contribution in [0, 0.1) is 0 Å². The molecule has 2 heterocycles. The highest BCUT2D eigenvalue weighted by Crippen LogP contribution is 2.31. The van der Waals surface area contributed by atoms with E-state index in [1.807, 2.05) is 0 Å². The summed E-state index contributed by atoms with van der Waals surface area (Å²) < 4.78 is 0. The second kappa shape index (κ2) is 4.42. The van der Waals surface area contributed by atoms with E-state index in [0.717, 1.165) is 12.1 Å². The molecule has 0 aliphatic carbocycles. The highest BCUT2D eigenvalue weighted by Gasteiger charge is 2.35. The number of hydrogen-bond acceptors (Lipinski definition) is 2. The van der Waals surface area contributed by atoms with E-state index in [9.17, 15) is 0 Å². The monoisotopic (exact) mass is 210 g/mol. The summed E-state index contributed by atoms with van der Waals surface area (Å²) in [6, 6.07) is 1.52. The van der Waals surface area contributed by atoms with Crippen LogP contribution in [0.4, 0.5) is 0 Å². The lowest BCUT2D eigenvalue weighted by Crippen LogP contribution is -2.58. The van der Waals surface area contributed by atoms with Crippen molar-refractivity contribution in [3.05, 3.63) is 0 Å². The lowest BCUT2D eigenvalue weighted by Gasteiger charge is -2.49. The second-order valence-electron chi connectivity index (χ2n) is 6.00. The van der Waals surface area contributed by atoms with Crippen LogP contribution in [0.1, 0.15) is 52.9 Å². The quantitative estimate of drug-likeness (QED) is 0.715. The van der Waals surface area contributed by atoms with E-state index in [2.05, 4.69) is 31.0 Å². The van der Waals surface area contributed by atoms with Gasteiger partial charge in [-0.05, 0) is 53.0 Å². The highest BCUT2D eigenvalue weighted by molar-refractivity contribution is 4.92. The number of likely N-dealkylation sites (tertiary alicyclic amines) is 1. The first-order valence-electron chi connectivity index (χ1n) is 6.60. The van der Waals surface area contributed by atoms with Gasteiger partial charge in [-0.15, -0.1) is 0 Å². The molecule has 0 aromatic rings. The zero-order valence-corrected chi connectivity index (χ0v) is 10.6. The van der Waals surface area contributed by atoms with Crippen LogP contribution in [0.3, 0.4) is 0 Å². The third-order valence-corrected chi connectivity index (χ3v) is 4.29. The molecule has 2 aliphatic heterocycles. The van der Waals surface area contributed by atoms with E-state index in [0.29, 0.717) is 5.54 Å². The molecule has 2 aliphatic rings. The predicted octanol–water partition coefficient (Wildman–Crippen LogP) is 2.39. The predicted molar refractivity (Wildman–Crippen MR) is 65.1 cm³/mol. The fourth-order valence-electron chi connectivity index (χ4n) is 3.21. The molecule has 1 unspecified atom stereocenters. The van der Waals surface area contributed by atoms with Crippen LogP contribution >= 0.6 is 0 Å². The summed E-state index contributed by atoms with van der Waals surface area (Å²) in [7, 11) is 0. The third-order valence-electron chi connectivity index (χ3n) is 4.29. The van der Waals surface area contributed by atoms with E-state index in [4.69, 9.17) is 0 Å². The van der Waals surface area contributed by atoms with Gasteiger partial charge in [-0.25, -0.2) is 0 Å². The largest absolute Gasteiger partial charge is 0.313 e. The number of piperidine rings is 2. The van der Waals surface area contributed by atoms with Crippen molar-refractivity contribution in [1.82, 2.24) is 10.2 Å². The van der Waals surface area contributed by atoms with E-state index < -0.39 is 0 Å². The summed E-state index contributed by atoms with van der Waals surface area (Å²) in [5, 5.41) is 3.63. The molecule has 0 saturated carbocycles. The Hall–Kier alpha value is -0.0800. The van der Waals surface area contributed by atoms with E-state index in [1.165, 1.54) is 45.2 Å². The average molecular weight is 210 g/mol. The molecule has 2 nitrogen and oxygen atoms in total. The number of nitrogens with zero attached hydrogens (tertiary/aromatic N) is 1. The number of hydrogen-bond donors (Lipinski definition) is 1. The van der Waals surface area contributed by atoms with Crippen molar-refractivity contribution in [2.75, 3.05) is 13.1 Å². The van der Waals surface area contributed by atoms with Gasteiger partial charge >= 0.3 is 0 Å². The Bertz CT molecular complexity index is 205. The van der Waals surface area contributed by atoms with Crippen LogP contribution in [0.5, 0.6) is 0 Å². The maximum atomic E-state index is 3.63. The van der Waals surface area contributed by atoms with Crippen molar-refractivity contribution in [2.45, 2.75) is 70.5 Å². The Morgan fingerprint density at radius 2 is 2.00 bits per heavy atom. The van der Waals surface area contributed by atoms with Crippen molar-refractivity contribution < 1.29 is 0 Å². The summed E-state index contributed by atoms with van der Waals surface area (Å²) in [4.78, 5) is 2.76. The minimum Gasteiger partial charge on any atom is -0.313 e. The molecular weight excluding hydrogens is 184 g/mol. The molecule has 0 spiro atoms. The molecule has 0 bridgehead atoms. The molecule has 0 aromatic heterocycles. The Balaban J connectivity index is 1.96. The standard InChI is InChI=1S/C13H26N2/c1-11-6-7-12(10-14-11)15-9-5-4-8-13(15,2)3/h11-12,14H,4-10H2,1-3H3/t11-,12?/m0/s1. The number of nitrogens with one attached hydrogen (secondary N) is 1. The summed E-state index contributed by atoms with van der Waals surface area (Å²) in [6.45, 7) is 9.66. The van der Waals surface area contributed by atoms with Crippen LogP contribution in [0.2, 0.25) is 0 Å². The van der Waals surface area contributed by atoms with Gasteiger partial charge < -0.3 is 5.32 Å². The van der Waals surface area contributed by atoms with E-state index in [1.54, 1.807) is 0 Å². The molecule has 15 heavy (non-hydrogen) atoms. The van der Waals surface area contributed by atoms with E-state index in [-0.39, 0.29) is 0 Å². The molecule has 0 amide bonds. The van der Waals surface area contributed by atoms with E-state index >= 15 is 0 Å². The van der Waals surface area contributed by atoms with Crippen LogP contribution in [-0.4, -0.2) is 35.6 Å². The van der Waals surface area contributed by atoms with Crippen molar-refractivity contribution >= 4 is 0 Å². The van der Waals surface area contributed by atoms with Gasteiger partial charge in [-0.3, -0.25) is 4.90 Å². The Morgan fingerprint density at radius 3 is 2.60 bits per heavy atom. The van der Waals surface area contributed by atoms with Crippen molar-refractivity contribution in [2.24, 2.45) is 0 Å². The van der Waals surface area contributed by atoms with Gasteiger partial charge in [0, 0.05) is 24.2 Å². The van der Waals surface area contributed by atoms with Gasteiger partial charge in [0.2, 0.25) is 0 Å². The summed E-state index contributed by atoms with van der Waals surface area (Å²) in [5.41, 5.74) is 0.436. The molecule has 2 heteroatoms. The van der Waals surface area contributed by atoms with Gasteiger partial charge in [0.25, 0.3) is 0 Å². The van der Waals surface area contributed by atoms with Crippen LogP contribution in [0.15, 0.2) is 0 Å². The zero-order chi connectivity index (χ0) is 10.9. The molecule has 2 saturated heterocycles. The maximum absolute atomic E-state index is 3.63. The van der Waals surface area contributed by atoms with Crippen molar-refractivity contribution in [3.8, 4) is 0 Å². The molecule has 2 fully saturated rings. The Labute approximate surface area is 94.4 Å². The molecule has 2 rings (SSSR count). The zero-order valence-electron chi connectivity index (χ0n) is 10.6. The van der Waals surface area contributed by atoms with Gasteiger partial charge in [0.1, 0.15) is 0 Å². The van der Waals surface area contributed by atoms with Crippen LogP contribution in [0.25, 0.3) is 0 Å². The van der Waals surface area contributed by atoms with Crippen LogP contribution < -0.4 is 5.32 Å². The lowest BCUT2D eigenvalue weighted by atomic mass is 9.86. The normalized spacial score (nSPS) is 37.8. The van der Waals surface area contributed by atoms with Crippen LogP contribution in [-0.2, 0) is 0 Å². The second-order valence-corrected chi connectivity index (χ2v) is 6.00. The SMILES string of the molecule is C[C@H]1CCC(N2CCCCC2(C)C)CN1. The minimum atomic E-state index is 0.436. The van der Waals surface area contributed by atoms with Gasteiger partial charge in [0.05, 0.1) is 0 Å². The Morgan fingerprint density at radius 1 is 1.20 bits per heavy atom. The molecular formula is C13H26N2. The first-order valence-corrected chi connectivity index (χ1v) is 6.60. The summed E-state index contributed by atoms with van der Waals surface area (Å²) in [5.74, 6) is 0. The number of rotatable bonds is 1. The van der Waals surface area contributed by atoms with Crippen molar-refractivity contribution in [3.63, 3.8) is 0 Å². The lowest BCUT2D eigenvalue weighted by molar-refractivity contribution is 0.0195. The summed E-state index contributed by atoms with van der Waals surface area (Å²) in [6.07, 6.45) is 6.92. The molecule has 0 aromatic carbocycles. The molecule has 0 radical (unpaired) electrons. The first kappa shape index (κ1) is 11.4. The van der Waals surface area contributed by atoms with Gasteiger partial charge in [-0.1, -0.05) is 6.42 Å². The third kappa shape index (κ3) is 2.54. The fraction of sp³-hybridized carbons (Fsp3) is 1.00. The minimum absolute atomic E-state index is 0.436. The fourth-order valence-corrected chi connectivity index (χ4v) is 3.21. The van der Waals surface area contributed by atoms with Gasteiger partial charge in [-0.2, -0.15) is 0 Å². The first-order chi connectivity index (χ1) is 7.09. The molecule has 88 valence electrons. The average Bonchev–Trinajstić information content (AvgIpc) is 2.19.